The Morgan fingerprint density at radius 2 is 1.92 bits per heavy atom. The van der Waals surface area contributed by atoms with Crippen LogP contribution in [0.1, 0.15) is 5.56 Å². The summed E-state index contributed by atoms with van der Waals surface area (Å²) in [5.74, 6) is 0.924. The summed E-state index contributed by atoms with van der Waals surface area (Å²) in [6, 6.07) is 7.17. The molecule has 9 nitrogen and oxygen atoms in total. The molecule has 128 valence electrons. The fraction of sp³-hybridized carbons (Fsp3) is 0.154. The van der Waals surface area contributed by atoms with E-state index in [9.17, 15) is 13.5 Å². The number of fused-ring (bicyclic) bond motifs is 1. The van der Waals surface area contributed by atoms with Gasteiger partial charge in [0.25, 0.3) is 10.1 Å². The van der Waals surface area contributed by atoms with Gasteiger partial charge in [-0.15, -0.1) is 0 Å². The van der Waals surface area contributed by atoms with E-state index in [1.54, 1.807) is 22.4 Å². The molecule has 0 aliphatic rings. The number of para-hydroxylation sites is 1. The highest BCUT2D eigenvalue weighted by Gasteiger charge is 2.13. The molecular weight excluding hydrogens is 402 g/mol. The molecule has 0 spiro atoms. The standard InChI is InChI=1S/C12H10BrN5O.CH4O3S/c13-18(5-8-3-1-2-4-9(8)19)12-10-11(15-6-14-10)16-7-17-12;1-5(2,3)4/h1-4,6-7,19H,5H2,(H,14,15,16,17);1H3,(H,2,3,4). The predicted molar refractivity (Wildman–Crippen MR) is 92.4 cm³/mol. The minimum Gasteiger partial charge on any atom is -0.508 e. The molecular formula is C13H14BrN5O4S. The van der Waals surface area contributed by atoms with Gasteiger partial charge in [0.05, 0.1) is 35.3 Å². The molecule has 11 heteroatoms. The molecule has 0 bridgehead atoms. The molecule has 0 aliphatic heterocycles. The maximum atomic E-state index is 9.78. The van der Waals surface area contributed by atoms with E-state index >= 15 is 0 Å². The van der Waals surface area contributed by atoms with E-state index in [1.807, 2.05) is 12.1 Å². The average Bonchev–Trinajstić information content (AvgIpc) is 2.96. The summed E-state index contributed by atoms with van der Waals surface area (Å²) >= 11 is 3.45. The van der Waals surface area contributed by atoms with Gasteiger partial charge in [-0.05, 0) is 6.07 Å². The third kappa shape index (κ3) is 5.15. The maximum Gasteiger partial charge on any atom is 0.261 e. The highest BCUT2D eigenvalue weighted by molar-refractivity contribution is 9.10. The second-order valence-electron chi connectivity index (χ2n) is 4.68. The van der Waals surface area contributed by atoms with E-state index in [1.165, 1.54) is 6.33 Å². The van der Waals surface area contributed by atoms with Gasteiger partial charge in [-0.2, -0.15) is 8.42 Å². The number of phenolic OH excluding ortho intramolecular Hbond substituents is 1. The summed E-state index contributed by atoms with van der Waals surface area (Å²) in [5.41, 5.74) is 2.15. The molecule has 0 fully saturated rings. The summed E-state index contributed by atoms with van der Waals surface area (Å²) in [6.45, 7) is 0.470. The Balaban J connectivity index is 0.000000368. The number of imidazole rings is 1. The molecule has 0 atom stereocenters. The van der Waals surface area contributed by atoms with Gasteiger partial charge < -0.3 is 10.1 Å². The molecule has 0 amide bonds. The van der Waals surface area contributed by atoms with Crippen LogP contribution >= 0.6 is 16.1 Å². The minimum atomic E-state index is -3.67. The Kier molecular flexibility index (Phi) is 5.70. The normalized spacial score (nSPS) is 11.0. The molecule has 0 saturated heterocycles. The Morgan fingerprint density at radius 1 is 1.25 bits per heavy atom. The lowest BCUT2D eigenvalue weighted by atomic mass is 10.2. The lowest BCUT2D eigenvalue weighted by molar-refractivity contribution is 0.468. The smallest absolute Gasteiger partial charge is 0.261 e. The van der Waals surface area contributed by atoms with Crippen LogP contribution in [-0.2, 0) is 16.7 Å². The SMILES string of the molecule is CS(=O)(=O)O.Oc1ccccc1CN(Br)c1ncnc2nc[nH]c12. The van der Waals surface area contributed by atoms with E-state index < -0.39 is 10.1 Å². The van der Waals surface area contributed by atoms with Crippen LogP contribution in [0.15, 0.2) is 36.9 Å². The number of phenols is 1. The van der Waals surface area contributed by atoms with Gasteiger partial charge in [0.15, 0.2) is 11.5 Å². The van der Waals surface area contributed by atoms with Crippen molar-refractivity contribution in [3.8, 4) is 5.75 Å². The van der Waals surface area contributed by atoms with Crippen LogP contribution in [0.3, 0.4) is 0 Å². The van der Waals surface area contributed by atoms with Crippen molar-refractivity contribution in [1.82, 2.24) is 19.9 Å². The first-order chi connectivity index (χ1) is 11.3. The van der Waals surface area contributed by atoms with Gasteiger partial charge in [-0.1, -0.05) is 18.2 Å². The summed E-state index contributed by atoms with van der Waals surface area (Å²) in [6.07, 6.45) is 3.74. The zero-order chi connectivity index (χ0) is 17.7. The number of aromatic amines is 1. The van der Waals surface area contributed by atoms with Crippen LogP contribution in [-0.4, -0.2) is 44.3 Å². The first-order valence-electron chi connectivity index (χ1n) is 6.52. The summed E-state index contributed by atoms with van der Waals surface area (Å²) in [5, 5.41) is 9.78. The molecule has 24 heavy (non-hydrogen) atoms. The van der Waals surface area contributed by atoms with Crippen LogP contribution in [0, 0.1) is 0 Å². The third-order valence-electron chi connectivity index (χ3n) is 2.73. The number of aromatic hydroxyl groups is 1. The summed E-state index contributed by atoms with van der Waals surface area (Å²) in [7, 11) is -3.67. The van der Waals surface area contributed by atoms with Gasteiger partial charge >= 0.3 is 0 Å². The van der Waals surface area contributed by atoms with Crippen LogP contribution in [0.25, 0.3) is 11.2 Å². The highest BCUT2D eigenvalue weighted by atomic mass is 79.9. The molecule has 3 rings (SSSR count). The van der Waals surface area contributed by atoms with Crippen LogP contribution in [0.4, 0.5) is 5.82 Å². The van der Waals surface area contributed by atoms with Crippen molar-refractivity contribution in [1.29, 1.82) is 0 Å². The monoisotopic (exact) mass is 415 g/mol. The number of hydrogen-bond acceptors (Lipinski definition) is 7. The Bertz CT molecular complexity index is 923. The second kappa shape index (κ2) is 7.55. The average molecular weight is 416 g/mol. The van der Waals surface area contributed by atoms with Gasteiger partial charge in [-0.25, -0.2) is 15.0 Å². The molecule has 3 N–H and O–H groups in total. The van der Waals surface area contributed by atoms with Crippen LogP contribution in [0.2, 0.25) is 0 Å². The number of halogens is 1. The minimum absolute atomic E-state index is 0.252. The molecule has 2 aromatic heterocycles. The van der Waals surface area contributed by atoms with Crippen molar-refractivity contribution in [3.63, 3.8) is 0 Å². The Hall–Kier alpha value is -2.24. The molecule has 0 unspecified atom stereocenters. The quantitative estimate of drug-likeness (QED) is 0.436. The van der Waals surface area contributed by atoms with Crippen LogP contribution in [0.5, 0.6) is 5.75 Å². The number of nitrogens with zero attached hydrogens (tertiary/aromatic N) is 4. The maximum absolute atomic E-state index is 9.78. The van der Waals surface area contributed by atoms with E-state index in [0.717, 1.165) is 11.1 Å². The van der Waals surface area contributed by atoms with E-state index in [0.29, 0.717) is 24.3 Å². The fourth-order valence-electron chi connectivity index (χ4n) is 1.81. The summed E-state index contributed by atoms with van der Waals surface area (Å²) < 4.78 is 27.6. The first-order valence-corrected chi connectivity index (χ1v) is 9.08. The number of H-pyrrole nitrogens is 1. The number of nitrogens with one attached hydrogen (secondary N) is 1. The third-order valence-corrected chi connectivity index (χ3v) is 3.32. The van der Waals surface area contributed by atoms with Gasteiger partial charge in [0, 0.05) is 5.56 Å². The highest BCUT2D eigenvalue weighted by Crippen LogP contribution is 2.26. The van der Waals surface area contributed by atoms with Crippen molar-refractivity contribution in [2.75, 3.05) is 10.2 Å². The van der Waals surface area contributed by atoms with Crippen molar-refractivity contribution in [2.24, 2.45) is 0 Å². The fourth-order valence-corrected chi connectivity index (χ4v) is 2.34. The first kappa shape index (κ1) is 18.1. The number of anilines is 1. The van der Waals surface area contributed by atoms with E-state index in [2.05, 4.69) is 36.1 Å². The lowest BCUT2D eigenvalue weighted by Gasteiger charge is -2.16. The molecule has 0 radical (unpaired) electrons. The zero-order valence-corrected chi connectivity index (χ0v) is 14.9. The predicted octanol–water partition coefficient (Wildman–Crippen LogP) is 1.88. The number of aromatic nitrogens is 4. The molecule has 3 aromatic rings. The molecule has 2 heterocycles. The van der Waals surface area contributed by atoms with Crippen molar-refractivity contribution in [3.05, 3.63) is 42.5 Å². The molecule has 0 aliphatic carbocycles. The number of hydrogen-bond donors (Lipinski definition) is 3. The van der Waals surface area contributed by atoms with Gasteiger partial charge in [0.2, 0.25) is 0 Å². The van der Waals surface area contributed by atoms with Crippen molar-refractivity contribution >= 4 is 43.2 Å². The van der Waals surface area contributed by atoms with Crippen LogP contribution < -0.4 is 3.93 Å². The second-order valence-corrected chi connectivity index (χ2v) is 7.00. The Labute approximate surface area is 146 Å². The number of benzene rings is 1. The largest absolute Gasteiger partial charge is 0.508 e. The number of rotatable bonds is 3. The van der Waals surface area contributed by atoms with Gasteiger partial charge in [-0.3, -0.25) is 8.48 Å². The van der Waals surface area contributed by atoms with E-state index in [-0.39, 0.29) is 5.75 Å². The molecule has 0 saturated carbocycles. The Morgan fingerprint density at radius 3 is 2.58 bits per heavy atom. The zero-order valence-electron chi connectivity index (χ0n) is 12.5. The van der Waals surface area contributed by atoms with E-state index in [4.69, 9.17) is 4.55 Å². The topological polar surface area (TPSA) is 132 Å². The van der Waals surface area contributed by atoms with Crippen molar-refractivity contribution in [2.45, 2.75) is 6.54 Å². The molecule has 1 aromatic carbocycles. The summed E-state index contributed by atoms with van der Waals surface area (Å²) in [4.78, 5) is 15.4. The lowest BCUT2D eigenvalue weighted by Crippen LogP contribution is -2.11. The van der Waals surface area contributed by atoms with Crippen molar-refractivity contribution < 1.29 is 18.1 Å². The van der Waals surface area contributed by atoms with Gasteiger partial charge in [0.1, 0.15) is 17.6 Å².